The van der Waals surface area contributed by atoms with Gasteiger partial charge >= 0.3 is 0 Å². The van der Waals surface area contributed by atoms with E-state index in [0.29, 0.717) is 17.9 Å². The first kappa shape index (κ1) is 13.8. The number of aromatic nitrogens is 1. The molecule has 2 heterocycles. The second-order valence-electron chi connectivity index (χ2n) is 4.57. The molecule has 0 aromatic carbocycles. The molecule has 6 nitrogen and oxygen atoms in total. The second kappa shape index (κ2) is 6.49. The van der Waals surface area contributed by atoms with E-state index in [1.807, 2.05) is 0 Å². The molecule has 19 heavy (non-hydrogen) atoms. The third-order valence-electron chi connectivity index (χ3n) is 3.21. The van der Waals surface area contributed by atoms with Gasteiger partial charge in [0, 0.05) is 25.8 Å². The van der Waals surface area contributed by atoms with Crippen LogP contribution in [0.2, 0.25) is 0 Å². The Balaban J connectivity index is 1.81. The molecular formula is C13H20N4O2. The van der Waals surface area contributed by atoms with Crippen LogP contribution in [0.15, 0.2) is 18.3 Å². The summed E-state index contributed by atoms with van der Waals surface area (Å²) in [4.78, 5) is 18.1. The number of nitrogens with two attached hydrogens (primary N) is 1. The van der Waals surface area contributed by atoms with Gasteiger partial charge in [0.15, 0.2) is 0 Å². The summed E-state index contributed by atoms with van der Waals surface area (Å²) >= 11 is 0. The van der Waals surface area contributed by atoms with Gasteiger partial charge in [0.2, 0.25) is 0 Å². The Kier molecular flexibility index (Phi) is 4.70. The second-order valence-corrected chi connectivity index (χ2v) is 4.57. The Morgan fingerprint density at radius 1 is 1.63 bits per heavy atom. The monoisotopic (exact) mass is 264 g/mol. The molecule has 0 saturated carbocycles. The summed E-state index contributed by atoms with van der Waals surface area (Å²) in [5.74, 6) is 0.260. The van der Waals surface area contributed by atoms with Crippen LogP contribution < -0.4 is 11.1 Å². The van der Waals surface area contributed by atoms with Crippen LogP contribution in [0.3, 0.4) is 0 Å². The van der Waals surface area contributed by atoms with Crippen molar-refractivity contribution in [3.8, 4) is 0 Å². The molecule has 1 aliphatic rings. The largest absolute Gasteiger partial charge is 0.384 e. The fraction of sp³-hybridized carbons (Fsp3) is 0.538. The number of rotatable bonds is 4. The fourth-order valence-electron chi connectivity index (χ4n) is 2.04. The van der Waals surface area contributed by atoms with Crippen molar-refractivity contribution in [3.05, 3.63) is 23.9 Å². The number of amides is 1. The lowest BCUT2D eigenvalue weighted by atomic mass is 10.2. The number of nitrogens with zero attached hydrogens (tertiary/aromatic N) is 2. The summed E-state index contributed by atoms with van der Waals surface area (Å²) in [6.45, 7) is 6.19. The SMILES string of the molecule is CCN1CCOC(CNC(=O)c2ccc(N)nc2)C1. The van der Waals surface area contributed by atoms with E-state index in [0.717, 1.165) is 26.2 Å². The van der Waals surface area contributed by atoms with Crippen LogP contribution in [-0.4, -0.2) is 54.7 Å². The van der Waals surface area contributed by atoms with Gasteiger partial charge in [-0.1, -0.05) is 6.92 Å². The van der Waals surface area contributed by atoms with E-state index in [2.05, 4.69) is 22.1 Å². The predicted molar refractivity (Wildman–Crippen MR) is 72.8 cm³/mol. The molecule has 0 radical (unpaired) electrons. The van der Waals surface area contributed by atoms with Crippen molar-refractivity contribution < 1.29 is 9.53 Å². The Hall–Kier alpha value is -1.66. The van der Waals surface area contributed by atoms with Gasteiger partial charge in [-0.3, -0.25) is 9.69 Å². The lowest BCUT2D eigenvalue weighted by Gasteiger charge is -2.32. The van der Waals surface area contributed by atoms with Crippen molar-refractivity contribution in [3.63, 3.8) is 0 Å². The molecule has 1 unspecified atom stereocenters. The maximum absolute atomic E-state index is 11.9. The molecule has 1 aromatic rings. The number of carbonyl (C=O) groups excluding carboxylic acids is 1. The molecule has 3 N–H and O–H groups in total. The van der Waals surface area contributed by atoms with Crippen molar-refractivity contribution >= 4 is 11.7 Å². The van der Waals surface area contributed by atoms with Gasteiger partial charge in [0.1, 0.15) is 5.82 Å². The van der Waals surface area contributed by atoms with E-state index < -0.39 is 0 Å². The zero-order valence-corrected chi connectivity index (χ0v) is 11.1. The predicted octanol–water partition coefficient (Wildman–Crippen LogP) is 0.114. The Labute approximate surface area is 112 Å². The van der Waals surface area contributed by atoms with Crippen molar-refractivity contribution in [2.24, 2.45) is 0 Å². The zero-order chi connectivity index (χ0) is 13.7. The van der Waals surface area contributed by atoms with E-state index in [4.69, 9.17) is 10.5 Å². The van der Waals surface area contributed by atoms with Crippen LogP contribution in [0.25, 0.3) is 0 Å². The number of morpholine rings is 1. The molecule has 1 atom stereocenters. The van der Waals surface area contributed by atoms with Gasteiger partial charge in [-0.15, -0.1) is 0 Å². The normalized spacial score (nSPS) is 20.2. The molecule has 0 spiro atoms. The van der Waals surface area contributed by atoms with Crippen molar-refractivity contribution in [1.82, 2.24) is 15.2 Å². The smallest absolute Gasteiger partial charge is 0.252 e. The number of ether oxygens (including phenoxy) is 1. The minimum atomic E-state index is -0.148. The maximum atomic E-state index is 11.9. The number of anilines is 1. The quantitative estimate of drug-likeness (QED) is 0.807. The molecule has 2 rings (SSSR count). The lowest BCUT2D eigenvalue weighted by molar-refractivity contribution is -0.0246. The number of carbonyl (C=O) groups is 1. The van der Waals surface area contributed by atoms with Crippen LogP contribution in [0.4, 0.5) is 5.82 Å². The summed E-state index contributed by atoms with van der Waals surface area (Å²) in [7, 11) is 0. The van der Waals surface area contributed by atoms with Gasteiger partial charge in [0.05, 0.1) is 18.3 Å². The summed E-state index contributed by atoms with van der Waals surface area (Å²) in [5.41, 5.74) is 5.99. The average molecular weight is 264 g/mol. The molecule has 1 aliphatic heterocycles. The van der Waals surface area contributed by atoms with Crippen molar-refractivity contribution in [1.29, 1.82) is 0 Å². The highest BCUT2D eigenvalue weighted by Gasteiger charge is 2.19. The van der Waals surface area contributed by atoms with Gasteiger partial charge in [-0.05, 0) is 18.7 Å². The number of pyridine rings is 1. The number of likely N-dealkylation sites (N-methyl/N-ethyl adjacent to an activating group) is 1. The van der Waals surface area contributed by atoms with E-state index in [1.165, 1.54) is 6.20 Å². The van der Waals surface area contributed by atoms with Gasteiger partial charge < -0.3 is 15.8 Å². The molecule has 1 saturated heterocycles. The highest BCUT2D eigenvalue weighted by molar-refractivity contribution is 5.94. The molecule has 104 valence electrons. The summed E-state index contributed by atoms with van der Waals surface area (Å²) in [6, 6.07) is 3.28. The van der Waals surface area contributed by atoms with Gasteiger partial charge in [-0.2, -0.15) is 0 Å². The van der Waals surface area contributed by atoms with Crippen molar-refractivity contribution in [2.45, 2.75) is 13.0 Å². The molecular weight excluding hydrogens is 244 g/mol. The van der Waals surface area contributed by atoms with Gasteiger partial charge in [-0.25, -0.2) is 4.98 Å². The minimum Gasteiger partial charge on any atom is -0.384 e. The Bertz CT molecular complexity index is 421. The number of hydrogen-bond donors (Lipinski definition) is 2. The first-order valence-electron chi connectivity index (χ1n) is 6.52. The van der Waals surface area contributed by atoms with Crippen LogP contribution in [0.1, 0.15) is 17.3 Å². The highest BCUT2D eigenvalue weighted by Crippen LogP contribution is 2.05. The van der Waals surface area contributed by atoms with E-state index in [9.17, 15) is 4.79 Å². The Morgan fingerprint density at radius 3 is 3.16 bits per heavy atom. The summed E-state index contributed by atoms with van der Waals surface area (Å²) in [5, 5.41) is 2.86. The highest BCUT2D eigenvalue weighted by atomic mass is 16.5. The standard InChI is InChI=1S/C13H20N4O2/c1-2-17-5-6-19-11(9-17)8-16-13(18)10-3-4-12(14)15-7-10/h3-4,7,11H,2,5-6,8-9H2,1H3,(H2,14,15)(H,16,18). The first-order chi connectivity index (χ1) is 9.19. The van der Waals surface area contributed by atoms with Crippen molar-refractivity contribution in [2.75, 3.05) is 38.5 Å². The maximum Gasteiger partial charge on any atom is 0.252 e. The zero-order valence-electron chi connectivity index (χ0n) is 11.1. The third-order valence-corrected chi connectivity index (χ3v) is 3.21. The fourth-order valence-corrected chi connectivity index (χ4v) is 2.04. The Morgan fingerprint density at radius 2 is 2.47 bits per heavy atom. The average Bonchev–Trinajstić information content (AvgIpc) is 2.46. The van der Waals surface area contributed by atoms with E-state index in [1.54, 1.807) is 12.1 Å². The number of nitrogen functional groups attached to an aromatic ring is 1. The minimum absolute atomic E-state index is 0.0550. The van der Waals surface area contributed by atoms with Crippen LogP contribution >= 0.6 is 0 Å². The van der Waals surface area contributed by atoms with Crippen LogP contribution in [0.5, 0.6) is 0 Å². The van der Waals surface area contributed by atoms with Gasteiger partial charge in [0.25, 0.3) is 5.91 Å². The number of hydrogen-bond acceptors (Lipinski definition) is 5. The summed E-state index contributed by atoms with van der Waals surface area (Å²) in [6.07, 6.45) is 1.53. The first-order valence-corrected chi connectivity index (χ1v) is 6.52. The third kappa shape index (κ3) is 3.90. The molecule has 0 aliphatic carbocycles. The van der Waals surface area contributed by atoms with Crippen LogP contribution in [-0.2, 0) is 4.74 Å². The van der Waals surface area contributed by atoms with E-state index >= 15 is 0 Å². The van der Waals surface area contributed by atoms with E-state index in [-0.39, 0.29) is 12.0 Å². The molecule has 1 amide bonds. The molecule has 6 heteroatoms. The molecule has 1 aromatic heterocycles. The topological polar surface area (TPSA) is 80.5 Å². The molecule has 1 fully saturated rings. The number of nitrogens with one attached hydrogen (secondary N) is 1. The van der Waals surface area contributed by atoms with Crippen LogP contribution in [0, 0.1) is 0 Å². The lowest BCUT2D eigenvalue weighted by Crippen LogP contribution is -2.47. The summed E-state index contributed by atoms with van der Waals surface area (Å²) < 4.78 is 5.62. The molecule has 0 bridgehead atoms.